The maximum absolute atomic E-state index is 5.53. The van der Waals surface area contributed by atoms with Crippen LogP contribution < -0.4 is 0 Å². The fraction of sp³-hybridized carbons (Fsp3) is 1.00. The molecule has 0 N–H and O–H groups in total. The standard InChI is InChI=1S/C6H15O2PS3/c1-6(11-3)5-8-9(10,7-2)12-4/h6H,5H2,1-4H3. The van der Waals surface area contributed by atoms with E-state index in [1.54, 1.807) is 18.9 Å². The van der Waals surface area contributed by atoms with Gasteiger partial charge in [0.1, 0.15) is 0 Å². The molecule has 74 valence electrons. The van der Waals surface area contributed by atoms with Gasteiger partial charge >= 0.3 is 0 Å². The van der Waals surface area contributed by atoms with Crippen LogP contribution in [0.4, 0.5) is 0 Å². The molecule has 2 unspecified atom stereocenters. The lowest BCUT2D eigenvalue weighted by molar-refractivity contribution is 0.298. The summed E-state index contributed by atoms with van der Waals surface area (Å²) in [5.74, 6) is 0. The fourth-order valence-electron chi connectivity index (χ4n) is 0.444. The summed E-state index contributed by atoms with van der Waals surface area (Å²) >= 11 is 8.46. The van der Waals surface area contributed by atoms with Crippen LogP contribution in [-0.2, 0) is 20.9 Å². The highest BCUT2D eigenvalue weighted by molar-refractivity contribution is 8.67. The SMILES string of the molecule is COP(=S)(OCC(C)SC)SC. The molecular weight excluding hydrogens is 231 g/mol. The summed E-state index contributed by atoms with van der Waals surface area (Å²) in [6, 6.07) is 0. The molecule has 2 atom stereocenters. The van der Waals surface area contributed by atoms with E-state index in [1.807, 2.05) is 6.26 Å². The quantitative estimate of drug-likeness (QED) is 0.669. The summed E-state index contributed by atoms with van der Waals surface area (Å²) in [5, 5.41) is 0.481. The lowest BCUT2D eigenvalue weighted by Gasteiger charge is -2.19. The molecular formula is C6H15O2PS3. The highest BCUT2D eigenvalue weighted by Gasteiger charge is 2.16. The van der Waals surface area contributed by atoms with Crippen molar-refractivity contribution in [2.45, 2.75) is 12.2 Å². The van der Waals surface area contributed by atoms with Gasteiger partial charge in [0, 0.05) is 12.4 Å². The van der Waals surface area contributed by atoms with Crippen molar-refractivity contribution in [1.29, 1.82) is 0 Å². The van der Waals surface area contributed by atoms with Gasteiger partial charge < -0.3 is 9.05 Å². The van der Waals surface area contributed by atoms with Gasteiger partial charge in [-0.1, -0.05) is 18.3 Å². The van der Waals surface area contributed by atoms with Crippen LogP contribution in [0.25, 0.3) is 0 Å². The van der Waals surface area contributed by atoms with E-state index < -0.39 is 5.69 Å². The number of rotatable bonds is 6. The normalized spacial score (nSPS) is 18.7. The van der Waals surface area contributed by atoms with Crippen molar-refractivity contribution in [2.24, 2.45) is 0 Å². The molecule has 0 aromatic carbocycles. The lowest BCUT2D eigenvalue weighted by atomic mass is 10.5. The van der Waals surface area contributed by atoms with Gasteiger partial charge in [-0.05, 0) is 24.3 Å². The molecule has 0 aromatic rings. The second-order valence-electron chi connectivity index (χ2n) is 2.15. The topological polar surface area (TPSA) is 18.5 Å². The summed E-state index contributed by atoms with van der Waals surface area (Å²) in [6.45, 7) is 2.79. The van der Waals surface area contributed by atoms with E-state index in [2.05, 4.69) is 13.2 Å². The summed E-state index contributed by atoms with van der Waals surface area (Å²) in [7, 11) is 1.61. The molecule has 0 amide bonds. The van der Waals surface area contributed by atoms with E-state index >= 15 is 0 Å². The Morgan fingerprint density at radius 1 is 1.50 bits per heavy atom. The Morgan fingerprint density at radius 3 is 2.42 bits per heavy atom. The first-order valence-corrected chi connectivity index (χ1v) is 9.22. The van der Waals surface area contributed by atoms with Crippen LogP contribution >= 0.6 is 28.8 Å². The summed E-state index contributed by atoms with van der Waals surface area (Å²) in [5.41, 5.74) is -2.01. The van der Waals surface area contributed by atoms with Crippen LogP contribution in [0.1, 0.15) is 6.92 Å². The highest BCUT2D eigenvalue weighted by Crippen LogP contribution is 2.59. The van der Waals surface area contributed by atoms with Crippen LogP contribution in [0.3, 0.4) is 0 Å². The monoisotopic (exact) mass is 246 g/mol. The fourth-order valence-corrected chi connectivity index (χ4v) is 2.64. The average Bonchev–Trinajstić information content (AvgIpc) is 2.13. The molecule has 0 bridgehead atoms. The maximum Gasteiger partial charge on any atom is 0.246 e. The van der Waals surface area contributed by atoms with Gasteiger partial charge in [-0.15, -0.1) is 0 Å². The van der Waals surface area contributed by atoms with Crippen LogP contribution in [-0.4, -0.2) is 31.5 Å². The molecule has 0 aliphatic rings. The summed E-state index contributed by atoms with van der Waals surface area (Å²) in [6.07, 6.45) is 3.98. The first kappa shape index (κ1) is 13.3. The third kappa shape index (κ3) is 5.10. The van der Waals surface area contributed by atoms with E-state index in [1.165, 1.54) is 11.4 Å². The average molecular weight is 246 g/mol. The van der Waals surface area contributed by atoms with Gasteiger partial charge in [0.2, 0.25) is 5.69 Å². The molecule has 0 spiro atoms. The molecule has 0 saturated heterocycles. The minimum atomic E-state index is -2.01. The van der Waals surface area contributed by atoms with E-state index in [-0.39, 0.29) is 0 Å². The molecule has 0 saturated carbocycles. The zero-order chi connectivity index (χ0) is 9.61. The van der Waals surface area contributed by atoms with Gasteiger partial charge in [0.05, 0.1) is 6.61 Å². The Hall–Kier alpha value is 1.27. The Bertz CT molecular complexity index is 157. The largest absolute Gasteiger partial charge is 0.325 e. The smallest absolute Gasteiger partial charge is 0.246 e. The van der Waals surface area contributed by atoms with E-state index in [4.69, 9.17) is 20.9 Å². The van der Waals surface area contributed by atoms with Gasteiger partial charge in [0.25, 0.3) is 0 Å². The first-order chi connectivity index (χ1) is 5.58. The van der Waals surface area contributed by atoms with Crippen molar-refractivity contribution >= 4 is 40.6 Å². The van der Waals surface area contributed by atoms with Gasteiger partial charge in [-0.25, -0.2) is 0 Å². The number of hydrogen-bond acceptors (Lipinski definition) is 5. The molecule has 0 fully saturated rings. The zero-order valence-electron chi connectivity index (χ0n) is 7.77. The van der Waals surface area contributed by atoms with Crippen molar-refractivity contribution in [3.8, 4) is 0 Å². The second-order valence-corrected chi connectivity index (χ2v) is 9.99. The van der Waals surface area contributed by atoms with E-state index in [9.17, 15) is 0 Å². The second kappa shape index (κ2) is 6.68. The predicted molar refractivity (Wildman–Crippen MR) is 63.7 cm³/mol. The minimum absolute atomic E-state index is 0.481. The molecule has 0 aliphatic carbocycles. The Balaban J connectivity index is 3.81. The van der Waals surface area contributed by atoms with Crippen LogP contribution in [0.15, 0.2) is 0 Å². The Labute approximate surface area is 88.1 Å². The molecule has 0 rings (SSSR count). The molecule has 0 heterocycles. The predicted octanol–water partition coefficient (Wildman–Crippen LogP) is 2.99. The van der Waals surface area contributed by atoms with Gasteiger partial charge in [-0.3, -0.25) is 0 Å². The third-order valence-corrected chi connectivity index (χ3v) is 7.83. The van der Waals surface area contributed by atoms with Crippen molar-refractivity contribution < 1.29 is 9.05 Å². The van der Waals surface area contributed by atoms with Crippen molar-refractivity contribution in [1.82, 2.24) is 0 Å². The molecule has 0 aliphatic heterocycles. The van der Waals surface area contributed by atoms with Gasteiger partial charge in [0.15, 0.2) is 0 Å². The summed E-state index contributed by atoms with van der Waals surface area (Å²) in [4.78, 5) is 0. The number of hydrogen-bond donors (Lipinski definition) is 0. The molecule has 0 aromatic heterocycles. The summed E-state index contributed by atoms with van der Waals surface area (Å²) < 4.78 is 10.7. The van der Waals surface area contributed by atoms with Crippen LogP contribution in [0, 0.1) is 0 Å². The van der Waals surface area contributed by atoms with Crippen molar-refractivity contribution in [3.63, 3.8) is 0 Å². The van der Waals surface area contributed by atoms with Crippen molar-refractivity contribution in [3.05, 3.63) is 0 Å². The zero-order valence-corrected chi connectivity index (χ0v) is 11.1. The minimum Gasteiger partial charge on any atom is -0.325 e. The van der Waals surface area contributed by atoms with Crippen LogP contribution in [0.5, 0.6) is 0 Å². The van der Waals surface area contributed by atoms with Crippen molar-refractivity contribution in [2.75, 3.05) is 26.2 Å². The Morgan fingerprint density at radius 2 is 2.08 bits per heavy atom. The third-order valence-electron chi connectivity index (χ3n) is 1.32. The highest BCUT2D eigenvalue weighted by atomic mass is 32.9. The van der Waals surface area contributed by atoms with Crippen LogP contribution in [0.2, 0.25) is 0 Å². The van der Waals surface area contributed by atoms with E-state index in [0.717, 1.165) is 0 Å². The first-order valence-electron chi connectivity index (χ1n) is 3.47. The molecule has 6 heteroatoms. The lowest BCUT2D eigenvalue weighted by Crippen LogP contribution is -2.05. The maximum atomic E-state index is 5.53. The Kier molecular flexibility index (Phi) is 7.39. The molecule has 12 heavy (non-hydrogen) atoms. The molecule has 0 radical (unpaired) electrons. The molecule has 2 nitrogen and oxygen atoms in total. The van der Waals surface area contributed by atoms with E-state index in [0.29, 0.717) is 11.9 Å². The van der Waals surface area contributed by atoms with Gasteiger partial charge in [-0.2, -0.15) is 11.8 Å². The number of thioether (sulfide) groups is 1.